The van der Waals surface area contributed by atoms with E-state index < -0.39 is 187 Å². The molecule has 40 heteroatoms. The second-order valence-electron chi connectivity index (χ2n) is 22.4. The zero-order valence-corrected chi connectivity index (χ0v) is 55.7. The Morgan fingerprint density at radius 2 is 1.02 bits per heavy atom. The molecule has 0 unspecified atom stereocenters. The average molecular weight is 1390 g/mol. The number of nitrogens with one attached hydrogen (secondary N) is 16. The second-order valence-corrected chi connectivity index (χ2v) is 23.8. The molecule has 0 bridgehead atoms. The van der Waals surface area contributed by atoms with Gasteiger partial charge in [-0.25, -0.2) is 9.78 Å². The minimum Gasteiger partial charge on any atom is -0.481 e. The lowest BCUT2D eigenvalue weighted by molar-refractivity contribution is -0.142. The van der Waals surface area contributed by atoms with Crippen molar-refractivity contribution >= 4 is 113 Å². The van der Waals surface area contributed by atoms with Gasteiger partial charge in [0.05, 0.1) is 36.8 Å². The number of hydrogen-bond donors (Lipinski definition) is 25. The van der Waals surface area contributed by atoms with E-state index >= 15 is 0 Å². The van der Waals surface area contributed by atoms with E-state index in [1.54, 1.807) is 6.26 Å². The zero-order chi connectivity index (χ0) is 72.1. The molecule has 1 aromatic heterocycles. The van der Waals surface area contributed by atoms with Crippen molar-refractivity contribution in [3.05, 3.63) is 18.2 Å². The number of H-pyrrole nitrogens is 1. The van der Waals surface area contributed by atoms with Crippen LogP contribution >= 0.6 is 24.4 Å². The fourth-order valence-corrected chi connectivity index (χ4v) is 9.39. The van der Waals surface area contributed by atoms with Gasteiger partial charge in [0.1, 0.15) is 60.4 Å². The third kappa shape index (κ3) is 33.4. The number of thioether (sulfide) groups is 1. The van der Waals surface area contributed by atoms with E-state index in [0.717, 1.165) is 6.92 Å². The Bertz CT molecular complexity index is 2730. The second kappa shape index (κ2) is 44.9. The molecule has 11 amide bonds. The summed E-state index contributed by atoms with van der Waals surface area (Å²) in [6.45, 7) is 6.31. The van der Waals surface area contributed by atoms with Crippen LogP contribution in [0, 0.1) is 16.7 Å². The quantitative estimate of drug-likeness (QED) is 0.0125. The summed E-state index contributed by atoms with van der Waals surface area (Å²) in [6, 6.07) is -16.4. The SMILES string of the molecule is CSCC[C@H](NC(=O)[C@H](CCCNC(=N)N)NC(=O)[C@H](CCC(=O)O)NC(=O)[C@H](Cc1c[nH]cn1)NC(=O)[C@@H](NC(=O)[C@@H](N)CCCCN)[C@@H](C)O)C(=O)N[C@@H](C)C(=O)NCC(=O)N[C@H](C(=O)N[C@H](C(=O)N[C@@H](CS)C(=O)N[C@@H](CCCNC(=N)N)C(=O)O)C(C)C)[C@@H](C)O. The summed E-state index contributed by atoms with van der Waals surface area (Å²) in [6.07, 6.45) is 0.755. The van der Waals surface area contributed by atoms with Crippen LogP contribution in [0.15, 0.2) is 12.5 Å². The van der Waals surface area contributed by atoms with Crippen LogP contribution in [0.2, 0.25) is 0 Å². The molecule has 536 valence electrons. The predicted octanol–water partition coefficient (Wildman–Crippen LogP) is -8.03. The molecule has 1 rings (SSSR count). The summed E-state index contributed by atoms with van der Waals surface area (Å²) >= 11 is 5.39. The first kappa shape index (κ1) is 84.4. The van der Waals surface area contributed by atoms with E-state index in [-0.39, 0.29) is 81.2 Å². The fourth-order valence-electron chi connectivity index (χ4n) is 8.67. The molecule has 0 aliphatic carbocycles. The summed E-state index contributed by atoms with van der Waals surface area (Å²) in [4.78, 5) is 181. The Morgan fingerprint density at radius 3 is 1.52 bits per heavy atom. The number of guanidine groups is 2. The molecule has 0 fully saturated rings. The van der Waals surface area contributed by atoms with Gasteiger partial charge in [-0.2, -0.15) is 24.4 Å². The molecule has 0 spiro atoms. The molecule has 0 radical (unpaired) electrons. The number of thiol groups is 1. The first-order chi connectivity index (χ1) is 44.7. The van der Waals surface area contributed by atoms with Gasteiger partial charge in [0.15, 0.2) is 11.9 Å². The van der Waals surface area contributed by atoms with Gasteiger partial charge in [-0.1, -0.05) is 20.3 Å². The molecule has 0 aliphatic rings. The lowest BCUT2D eigenvalue weighted by atomic mass is 10.0. The van der Waals surface area contributed by atoms with Gasteiger partial charge in [-0.3, -0.25) is 68.4 Å². The minimum absolute atomic E-state index is 0.00570. The number of carbonyl (C=O) groups is 13. The molecule has 0 saturated heterocycles. The normalized spacial score (nSPS) is 15.2. The summed E-state index contributed by atoms with van der Waals surface area (Å²) in [5, 5.41) is 86.8. The number of aliphatic hydroxyl groups excluding tert-OH is 2. The van der Waals surface area contributed by atoms with Crippen molar-refractivity contribution in [3.63, 3.8) is 0 Å². The van der Waals surface area contributed by atoms with E-state index in [0.29, 0.717) is 19.4 Å². The summed E-state index contributed by atoms with van der Waals surface area (Å²) in [7, 11) is 0. The number of nitrogens with two attached hydrogens (primary N) is 4. The van der Waals surface area contributed by atoms with E-state index in [9.17, 15) is 82.8 Å². The molecule has 1 heterocycles. The Morgan fingerprint density at radius 1 is 0.558 bits per heavy atom. The zero-order valence-electron chi connectivity index (χ0n) is 54.0. The number of unbranched alkanes of at least 4 members (excludes halogenated alkanes) is 1. The third-order valence-electron chi connectivity index (χ3n) is 14.0. The van der Waals surface area contributed by atoms with Crippen molar-refractivity contribution in [3.8, 4) is 0 Å². The van der Waals surface area contributed by atoms with Crippen molar-refractivity contribution in [2.75, 3.05) is 43.9 Å². The lowest BCUT2D eigenvalue weighted by Crippen LogP contribution is -2.61. The lowest BCUT2D eigenvalue weighted by Gasteiger charge is -2.28. The van der Waals surface area contributed by atoms with Crippen molar-refractivity contribution in [2.45, 2.75) is 184 Å². The molecule has 28 N–H and O–H groups in total. The molecule has 38 nitrogen and oxygen atoms in total. The topological polar surface area (TPSA) is 640 Å². The maximum Gasteiger partial charge on any atom is 0.326 e. The van der Waals surface area contributed by atoms with Crippen molar-refractivity contribution in [1.29, 1.82) is 10.8 Å². The summed E-state index contributed by atoms with van der Waals surface area (Å²) in [5.41, 5.74) is 22.4. The highest BCUT2D eigenvalue weighted by Crippen LogP contribution is 2.11. The number of aromatic amines is 1. The van der Waals surface area contributed by atoms with Crippen LogP contribution < -0.4 is 92.1 Å². The maximum absolute atomic E-state index is 14.3. The van der Waals surface area contributed by atoms with E-state index in [4.69, 9.17) is 33.8 Å². The van der Waals surface area contributed by atoms with Gasteiger partial charge in [-0.05, 0) is 96.6 Å². The standard InChI is InChI=1S/C55H97N21O17S2/c1-26(2)40(50(89)73-37(24-94)49(88)71-35(53(92)93)13-10-19-64-55(60)61)75-52(91)41(28(4)77)74-38(79)23-65-43(82)27(3)67-45(84)34(16-20-95-6)70-46(85)32(12-9-18-63-54(58)59)68-47(86)33(14-15-39(80)81)69-48(87)36(21-30-22-62-25-66-30)72-51(90)42(29(5)78)76-44(83)31(57)11-7-8-17-56/h22,25-29,31-37,40-42,77-78,94H,7-21,23-24,56-57H2,1-6H3,(H,62,66)(H,65,82)(H,67,84)(H,68,86)(H,69,87)(H,70,85)(H,71,88)(H,72,90)(H,73,89)(H,74,79)(H,75,91)(H,76,83)(H,80,81)(H,92,93)(H4,58,59,63)(H4,60,61,64)/t27-,28+,29+,31-,32-,33-,34-,35-,36-,37-,40-,41-,42-/m0/s1. The number of nitrogens with zero attached hydrogens (tertiary/aromatic N) is 1. The first-order valence-corrected chi connectivity index (χ1v) is 32.5. The largest absolute Gasteiger partial charge is 0.481 e. The fraction of sp³-hybridized carbons (Fsp3) is 0.673. The van der Waals surface area contributed by atoms with Gasteiger partial charge < -0.3 is 117 Å². The minimum atomic E-state index is -1.73. The van der Waals surface area contributed by atoms with E-state index in [1.165, 1.54) is 52.0 Å². The number of hydrogen-bond acceptors (Lipinski definition) is 22. The highest BCUT2D eigenvalue weighted by Gasteiger charge is 2.37. The summed E-state index contributed by atoms with van der Waals surface area (Å²) in [5.74, 6) is -15.0. The highest BCUT2D eigenvalue weighted by atomic mass is 32.2. The van der Waals surface area contributed by atoms with Gasteiger partial charge in [-0.15, -0.1) is 0 Å². The molecule has 0 saturated carbocycles. The number of carboxylic acids is 2. The molecule has 1 aromatic rings. The van der Waals surface area contributed by atoms with Crippen molar-refractivity contribution < 1.29 is 82.8 Å². The number of aliphatic hydroxyl groups is 2. The van der Waals surface area contributed by atoms with Crippen LogP contribution in [0.4, 0.5) is 0 Å². The highest BCUT2D eigenvalue weighted by molar-refractivity contribution is 7.98. The number of aliphatic carboxylic acids is 2. The molecule has 0 aliphatic heterocycles. The van der Waals surface area contributed by atoms with Crippen LogP contribution in [-0.4, -0.2) is 242 Å². The van der Waals surface area contributed by atoms with Crippen LogP contribution in [0.3, 0.4) is 0 Å². The molecule has 0 aromatic carbocycles. The van der Waals surface area contributed by atoms with Gasteiger partial charge in [0.2, 0.25) is 65.0 Å². The molecular formula is C55H97N21O17S2. The Labute approximate surface area is 558 Å². The number of carboxylic acid groups (broad SMARTS) is 2. The average Bonchev–Trinajstić information content (AvgIpc) is 1.47. The Kier molecular flexibility index (Phi) is 39.9. The van der Waals surface area contributed by atoms with Crippen LogP contribution in [0.5, 0.6) is 0 Å². The molecule has 95 heavy (non-hydrogen) atoms. The summed E-state index contributed by atoms with van der Waals surface area (Å²) < 4.78 is 0. The number of carbonyl (C=O) groups excluding carboxylic acids is 11. The third-order valence-corrected chi connectivity index (χ3v) is 15.0. The van der Waals surface area contributed by atoms with Crippen molar-refractivity contribution in [1.82, 2.24) is 79.1 Å². The maximum atomic E-state index is 14.3. The first-order valence-electron chi connectivity index (χ1n) is 30.5. The Balaban J connectivity index is 3.32. The smallest absolute Gasteiger partial charge is 0.326 e. The van der Waals surface area contributed by atoms with E-state index in [1.807, 2.05) is 0 Å². The predicted molar refractivity (Wildman–Crippen MR) is 349 cm³/mol. The van der Waals surface area contributed by atoms with E-state index in [2.05, 4.69) is 91.7 Å². The van der Waals surface area contributed by atoms with Gasteiger partial charge in [0.25, 0.3) is 0 Å². The van der Waals surface area contributed by atoms with Crippen LogP contribution in [0.1, 0.15) is 105 Å². The van der Waals surface area contributed by atoms with Gasteiger partial charge >= 0.3 is 11.9 Å². The number of rotatable bonds is 47. The Hall–Kier alpha value is -8.60. The van der Waals surface area contributed by atoms with Crippen LogP contribution in [-0.2, 0) is 68.7 Å². The molecule has 13 atom stereocenters. The molecular weight excluding hydrogens is 1290 g/mol. The van der Waals surface area contributed by atoms with Crippen molar-refractivity contribution in [2.24, 2.45) is 28.9 Å². The number of aromatic nitrogens is 2. The number of amides is 11. The monoisotopic (exact) mass is 1390 g/mol. The van der Waals surface area contributed by atoms with Gasteiger partial charge in [0, 0.05) is 37.9 Å². The van der Waals surface area contributed by atoms with Crippen LogP contribution in [0.25, 0.3) is 0 Å². The number of imidazole rings is 1.